The fourth-order valence-corrected chi connectivity index (χ4v) is 4.32. The summed E-state index contributed by atoms with van der Waals surface area (Å²) in [6, 6.07) is 25.3. The number of hydrogen-bond acceptors (Lipinski definition) is 5. The molecule has 0 aliphatic carbocycles. The third kappa shape index (κ3) is 8.56. The van der Waals surface area contributed by atoms with Gasteiger partial charge in [0.05, 0.1) is 12.2 Å². The fraction of sp³-hybridized carbons (Fsp3) is 0.167. The number of ether oxygens (including phenoxy) is 1. The number of carbonyl (C=O) groups is 1. The van der Waals surface area contributed by atoms with Crippen molar-refractivity contribution in [1.29, 1.82) is 0 Å². The summed E-state index contributed by atoms with van der Waals surface area (Å²) in [7, 11) is 0. The maximum atomic E-state index is 14.0. The van der Waals surface area contributed by atoms with Crippen molar-refractivity contribution in [2.45, 2.75) is 37.8 Å². The maximum absolute atomic E-state index is 14.0. The van der Waals surface area contributed by atoms with E-state index in [2.05, 4.69) is 20.0 Å². The van der Waals surface area contributed by atoms with Crippen molar-refractivity contribution >= 4 is 35.6 Å². The SMILES string of the molecule is CC(C)(C)OC(=O)NC(=NCc1cnc(-c2cccc(F)c2)c(-c2ccc(Cl)cc2)c1)NSc1ccccc1. The molecule has 0 saturated heterocycles. The molecule has 3 aromatic carbocycles. The molecule has 4 aromatic rings. The Morgan fingerprint density at radius 1 is 1.00 bits per heavy atom. The van der Waals surface area contributed by atoms with Gasteiger partial charge in [-0.1, -0.05) is 54.1 Å². The number of amides is 1. The summed E-state index contributed by atoms with van der Waals surface area (Å²) in [4.78, 5) is 22.7. The van der Waals surface area contributed by atoms with E-state index in [4.69, 9.17) is 16.3 Å². The quantitative estimate of drug-likeness (QED) is 0.142. The molecule has 4 rings (SSSR count). The standard InChI is InChI=1S/C30H28ClFN4O2S/c1-30(2,3)38-29(37)35-28(36-39-25-10-5-4-6-11-25)34-19-20-16-26(21-12-14-23(31)15-13-21)27(33-18-20)22-8-7-9-24(32)17-22/h4-18H,19H2,1-3H3,(H2,34,35,36,37). The molecule has 0 fully saturated rings. The molecule has 1 aromatic heterocycles. The first-order valence-electron chi connectivity index (χ1n) is 12.2. The molecule has 2 N–H and O–H groups in total. The van der Waals surface area contributed by atoms with E-state index in [1.807, 2.05) is 54.6 Å². The second-order valence-corrected chi connectivity index (χ2v) is 10.9. The van der Waals surface area contributed by atoms with Gasteiger partial charge in [-0.2, -0.15) is 0 Å². The number of benzene rings is 3. The third-order valence-corrected chi connectivity index (χ3v) is 6.30. The number of hydrogen-bond donors (Lipinski definition) is 2. The van der Waals surface area contributed by atoms with Gasteiger partial charge in [0.25, 0.3) is 0 Å². The van der Waals surface area contributed by atoms with Crippen molar-refractivity contribution in [3.8, 4) is 22.4 Å². The van der Waals surface area contributed by atoms with Gasteiger partial charge < -0.3 is 4.74 Å². The van der Waals surface area contributed by atoms with Crippen LogP contribution >= 0.6 is 23.5 Å². The number of nitrogens with zero attached hydrogens (tertiary/aromatic N) is 2. The fourth-order valence-electron chi connectivity index (χ4n) is 3.57. The van der Waals surface area contributed by atoms with Crippen molar-refractivity contribution < 1.29 is 13.9 Å². The lowest BCUT2D eigenvalue weighted by Crippen LogP contribution is -2.41. The van der Waals surface area contributed by atoms with E-state index in [9.17, 15) is 9.18 Å². The van der Waals surface area contributed by atoms with Crippen LogP contribution in [0.4, 0.5) is 9.18 Å². The van der Waals surface area contributed by atoms with E-state index in [1.165, 1.54) is 24.1 Å². The molecular weight excluding hydrogens is 535 g/mol. The van der Waals surface area contributed by atoms with Gasteiger partial charge in [-0.05, 0) is 86.3 Å². The number of alkyl carbamates (subject to hydrolysis) is 1. The Balaban J connectivity index is 1.64. The van der Waals surface area contributed by atoms with Gasteiger partial charge in [-0.25, -0.2) is 14.2 Å². The largest absolute Gasteiger partial charge is 0.444 e. The van der Waals surface area contributed by atoms with Crippen molar-refractivity contribution in [3.05, 3.63) is 108 Å². The molecule has 0 spiro atoms. The first-order chi connectivity index (χ1) is 18.7. The maximum Gasteiger partial charge on any atom is 0.414 e. The van der Waals surface area contributed by atoms with Gasteiger partial charge in [0, 0.05) is 27.2 Å². The van der Waals surface area contributed by atoms with E-state index in [1.54, 1.807) is 45.2 Å². The highest BCUT2D eigenvalue weighted by atomic mass is 35.5. The van der Waals surface area contributed by atoms with Crippen molar-refractivity contribution in [2.24, 2.45) is 4.99 Å². The van der Waals surface area contributed by atoms with Crippen LogP contribution in [-0.2, 0) is 11.3 Å². The normalized spacial score (nSPS) is 11.7. The number of rotatable bonds is 6. The van der Waals surface area contributed by atoms with Crippen molar-refractivity contribution in [3.63, 3.8) is 0 Å². The van der Waals surface area contributed by atoms with Crippen LogP contribution in [0.5, 0.6) is 0 Å². The zero-order chi connectivity index (χ0) is 27.8. The molecule has 200 valence electrons. The second kappa shape index (κ2) is 12.8. The molecule has 0 saturated carbocycles. The van der Waals surface area contributed by atoms with Crippen LogP contribution in [0.2, 0.25) is 5.02 Å². The van der Waals surface area contributed by atoms with Crippen LogP contribution in [0.25, 0.3) is 22.4 Å². The minimum absolute atomic E-state index is 0.213. The van der Waals surface area contributed by atoms with Crippen LogP contribution in [0.1, 0.15) is 26.3 Å². The monoisotopic (exact) mass is 562 g/mol. The number of carbonyl (C=O) groups excluding carboxylic acids is 1. The van der Waals surface area contributed by atoms with E-state index in [0.717, 1.165) is 21.6 Å². The third-order valence-electron chi connectivity index (χ3n) is 5.25. The Labute approximate surface area is 236 Å². The topological polar surface area (TPSA) is 75.6 Å². The predicted octanol–water partition coefficient (Wildman–Crippen LogP) is 7.89. The molecule has 0 atom stereocenters. The Morgan fingerprint density at radius 2 is 1.74 bits per heavy atom. The molecule has 0 unspecified atom stereocenters. The molecular formula is C30H28ClFN4O2S. The van der Waals surface area contributed by atoms with Gasteiger partial charge in [0.1, 0.15) is 11.4 Å². The highest BCUT2D eigenvalue weighted by molar-refractivity contribution is 7.98. The number of nitrogens with one attached hydrogen (secondary N) is 2. The number of aliphatic imine (C=N–C) groups is 1. The number of pyridine rings is 1. The van der Waals surface area contributed by atoms with Crippen LogP contribution in [0, 0.1) is 5.82 Å². The average Bonchev–Trinajstić information content (AvgIpc) is 2.90. The molecule has 1 amide bonds. The van der Waals surface area contributed by atoms with Gasteiger partial charge in [0.2, 0.25) is 5.96 Å². The molecule has 39 heavy (non-hydrogen) atoms. The van der Waals surface area contributed by atoms with Gasteiger partial charge in [-0.3, -0.25) is 15.0 Å². The summed E-state index contributed by atoms with van der Waals surface area (Å²) in [5.74, 6) is -0.106. The van der Waals surface area contributed by atoms with Gasteiger partial charge in [0.15, 0.2) is 0 Å². The van der Waals surface area contributed by atoms with Crippen LogP contribution in [0.15, 0.2) is 101 Å². The van der Waals surface area contributed by atoms with E-state index < -0.39 is 11.7 Å². The van der Waals surface area contributed by atoms with Crippen molar-refractivity contribution in [2.75, 3.05) is 0 Å². The molecule has 0 radical (unpaired) electrons. The summed E-state index contributed by atoms with van der Waals surface area (Å²) >= 11 is 7.42. The number of aromatic nitrogens is 1. The van der Waals surface area contributed by atoms with E-state index >= 15 is 0 Å². The molecule has 6 nitrogen and oxygen atoms in total. The van der Waals surface area contributed by atoms with Crippen molar-refractivity contribution in [1.82, 2.24) is 15.0 Å². The lowest BCUT2D eigenvalue weighted by Gasteiger charge is -2.20. The van der Waals surface area contributed by atoms with Crippen LogP contribution < -0.4 is 10.0 Å². The van der Waals surface area contributed by atoms with E-state index in [0.29, 0.717) is 16.3 Å². The zero-order valence-corrected chi connectivity index (χ0v) is 23.3. The Kier molecular flexibility index (Phi) is 9.22. The average molecular weight is 563 g/mol. The van der Waals surface area contributed by atoms with Crippen LogP contribution in [0.3, 0.4) is 0 Å². The minimum Gasteiger partial charge on any atom is -0.444 e. The second-order valence-electron chi connectivity index (χ2n) is 9.57. The minimum atomic E-state index is -0.661. The Bertz CT molecular complexity index is 1460. The summed E-state index contributed by atoms with van der Waals surface area (Å²) in [6.45, 7) is 5.59. The Morgan fingerprint density at radius 3 is 2.44 bits per heavy atom. The molecule has 0 aliphatic heterocycles. The smallest absolute Gasteiger partial charge is 0.414 e. The van der Waals surface area contributed by atoms with E-state index in [-0.39, 0.29) is 18.3 Å². The summed E-state index contributed by atoms with van der Waals surface area (Å²) < 4.78 is 22.5. The first kappa shape index (κ1) is 28.1. The van der Waals surface area contributed by atoms with Gasteiger partial charge in [-0.15, -0.1) is 0 Å². The van der Waals surface area contributed by atoms with Gasteiger partial charge >= 0.3 is 6.09 Å². The molecule has 9 heteroatoms. The van der Waals surface area contributed by atoms with Crippen LogP contribution in [-0.4, -0.2) is 22.6 Å². The number of guanidine groups is 1. The Hall–Kier alpha value is -3.88. The lowest BCUT2D eigenvalue weighted by molar-refractivity contribution is 0.0562. The first-order valence-corrected chi connectivity index (χ1v) is 13.4. The highest BCUT2D eigenvalue weighted by Crippen LogP contribution is 2.32. The lowest BCUT2D eigenvalue weighted by atomic mass is 9.98. The molecule has 0 aliphatic rings. The molecule has 0 bridgehead atoms. The summed E-state index contributed by atoms with van der Waals surface area (Å²) in [5, 5.41) is 3.30. The zero-order valence-electron chi connectivity index (χ0n) is 21.7. The summed E-state index contributed by atoms with van der Waals surface area (Å²) in [6.07, 6.45) is 1.07. The predicted molar refractivity (Wildman–Crippen MR) is 156 cm³/mol. The molecule has 1 heterocycles. The highest BCUT2D eigenvalue weighted by Gasteiger charge is 2.18. The summed E-state index contributed by atoms with van der Waals surface area (Å²) in [5.41, 5.74) is 3.10. The number of halogens is 2.